The number of amides is 1. The van der Waals surface area contributed by atoms with Gasteiger partial charge in [-0.3, -0.25) is 4.79 Å². The molecule has 1 amide bonds. The number of aryl methyl sites for hydroxylation is 1. The third kappa shape index (κ3) is 4.20. The van der Waals surface area contributed by atoms with Crippen molar-refractivity contribution in [2.24, 2.45) is 0 Å². The molecule has 0 atom stereocenters. The minimum absolute atomic E-state index is 0.0434. The first-order valence-corrected chi connectivity index (χ1v) is 8.43. The van der Waals surface area contributed by atoms with Gasteiger partial charge < -0.3 is 14.6 Å². The van der Waals surface area contributed by atoms with Gasteiger partial charge in [0.25, 0.3) is 0 Å². The maximum absolute atomic E-state index is 11.9. The predicted octanol–water partition coefficient (Wildman–Crippen LogP) is 3.77. The van der Waals surface area contributed by atoms with Crippen molar-refractivity contribution in [3.63, 3.8) is 0 Å². The van der Waals surface area contributed by atoms with Crippen LogP contribution >= 0.6 is 11.3 Å². The van der Waals surface area contributed by atoms with E-state index in [2.05, 4.69) is 15.5 Å². The number of methoxy groups -OCH3 is 1. The van der Waals surface area contributed by atoms with Gasteiger partial charge in [0.2, 0.25) is 17.6 Å². The lowest BCUT2D eigenvalue weighted by Gasteiger charge is -2.05. The average Bonchev–Trinajstić information content (AvgIpc) is 3.27. The van der Waals surface area contributed by atoms with Crippen molar-refractivity contribution in [2.45, 2.75) is 19.3 Å². The van der Waals surface area contributed by atoms with Crippen LogP contribution < -0.4 is 10.1 Å². The van der Waals surface area contributed by atoms with Gasteiger partial charge in [-0.25, -0.2) is 0 Å². The number of ether oxygens (including phenoxy) is 1. The van der Waals surface area contributed by atoms with E-state index >= 15 is 0 Å². The molecule has 3 rings (SSSR count). The fourth-order valence-electron chi connectivity index (χ4n) is 2.16. The maximum Gasteiger partial charge on any atom is 0.226 e. The van der Waals surface area contributed by atoms with E-state index in [1.807, 2.05) is 29.6 Å². The van der Waals surface area contributed by atoms with Crippen molar-refractivity contribution in [3.8, 4) is 16.5 Å². The second-order valence-corrected chi connectivity index (χ2v) is 6.07. The fraction of sp³-hybridized carbons (Fsp3) is 0.235. The molecule has 2 heterocycles. The number of aromatic nitrogens is 2. The molecular formula is C17H17N3O3S. The Morgan fingerprint density at radius 3 is 2.83 bits per heavy atom. The zero-order valence-corrected chi connectivity index (χ0v) is 14.0. The number of nitrogens with zero attached hydrogens (tertiary/aromatic N) is 2. The van der Waals surface area contributed by atoms with Crippen LogP contribution in [0.15, 0.2) is 46.3 Å². The molecule has 24 heavy (non-hydrogen) atoms. The summed E-state index contributed by atoms with van der Waals surface area (Å²) in [5, 5.41) is 8.77. The first kappa shape index (κ1) is 16.2. The van der Waals surface area contributed by atoms with E-state index in [-0.39, 0.29) is 5.91 Å². The summed E-state index contributed by atoms with van der Waals surface area (Å²) < 4.78 is 10.3. The van der Waals surface area contributed by atoms with Gasteiger partial charge in [-0.15, -0.1) is 11.3 Å². The van der Waals surface area contributed by atoms with E-state index in [0.717, 1.165) is 16.3 Å². The molecule has 3 aromatic rings. The van der Waals surface area contributed by atoms with E-state index in [1.165, 1.54) is 0 Å². The Hall–Kier alpha value is -2.67. The largest absolute Gasteiger partial charge is 0.497 e. The molecule has 0 fully saturated rings. The van der Waals surface area contributed by atoms with Gasteiger partial charge >= 0.3 is 0 Å². The highest BCUT2D eigenvalue weighted by Gasteiger charge is 2.10. The molecule has 6 nitrogen and oxygen atoms in total. The molecule has 1 N–H and O–H groups in total. The number of rotatable bonds is 7. The quantitative estimate of drug-likeness (QED) is 0.706. The van der Waals surface area contributed by atoms with Gasteiger partial charge in [0.15, 0.2) is 0 Å². The molecular weight excluding hydrogens is 326 g/mol. The third-order valence-corrected chi connectivity index (χ3v) is 4.24. The molecule has 0 saturated heterocycles. The minimum Gasteiger partial charge on any atom is -0.497 e. The highest BCUT2D eigenvalue weighted by molar-refractivity contribution is 7.13. The van der Waals surface area contributed by atoms with E-state index in [4.69, 9.17) is 9.26 Å². The molecule has 0 bridgehead atoms. The van der Waals surface area contributed by atoms with Crippen molar-refractivity contribution in [1.29, 1.82) is 0 Å². The molecule has 7 heteroatoms. The van der Waals surface area contributed by atoms with Crippen LogP contribution in [0.5, 0.6) is 5.75 Å². The molecule has 0 radical (unpaired) electrons. The molecule has 1 aromatic carbocycles. The van der Waals surface area contributed by atoms with Crippen LogP contribution in [0.3, 0.4) is 0 Å². The summed E-state index contributed by atoms with van der Waals surface area (Å²) in [4.78, 5) is 17.3. The monoisotopic (exact) mass is 343 g/mol. The lowest BCUT2D eigenvalue weighted by Crippen LogP contribution is -2.11. The van der Waals surface area contributed by atoms with E-state index in [9.17, 15) is 4.79 Å². The number of hydrogen-bond donors (Lipinski definition) is 1. The van der Waals surface area contributed by atoms with Crippen LogP contribution in [0.1, 0.15) is 18.7 Å². The number of anilines is 1. The maximum atomic E-state index is 11.9. The van der Waals surface area contributed by atoms with Crippen LogP contribution in [-0.2, 0) is 11.2 Å². The molecule has 0 aliphatic rings. The molecule has 0 saturated carbocycles. The number of thiophene rings is 1. The number of benzene rings is 1. The van der Waals surface area contributed by atoms with Gasteiger partial charge in [0.05, 0.1) is 12.0 Å². The van der Waals surface area contributed by atoms with E-state index in [1.54, 1.807) is 30.6 Å². The van der Waals surface area contributed by atoms with Gasteiger partial charge in [0, 0.05) is 18.5 Å². The Balaban J connectivity index is 1.45. The highest BCUT2D eigenvalue weighted by Crippen LogP contribution is 2.21. The van der Waals surface area contributed by atoms with Crippen molar-refractivity contribution >= 4 is 22.9 Å². The second-order valence-electron chi connectivity index (χ2n) is 5.12. The Bertz CT molecular complexity index is 782. The Morgan fingerprint density at radius 2 is 2.12 bits per heavy atom. The van der Waals surface area contributed by atoms with E-state index in [0.29, 0.717) is 31.0 Å². The lowest BCUT2D eigenvalue weighted by molar-refractivity contribution is -0.116. The molecule has 0 unspecified atom stereocenters. The van der Waals surface area contributed by atoms with Crippen molar-refractivity contribution in [3.05, 3.63) is 47.7 Å². The van der Waals surface area contributed by atoms with Crippen LogP contribution in [0.4, 0.5) is 5.69 Å². The number of hydrogen-bond acceptors (Lipinski definition) is 6. The standard InChI is InChI=1S/C17H17N3O3S/c1-22-13-9-7-12(8-10-13)18-15(21)5-2-6-16-19-17(20-23-16)14-4-3-11-24-14/h3-4,7-11H,2,5-6H2,1H3,(H,18,21). The summed E-state index contributed by atoms with van der Waals surface area (Å²) in [5.41, 5.74) is 0.749. The van der Waals surface area contributed by atoms with Crippen molar-refractivity contribution in [1.82, 2.24) is 10.1 Å². The van der Waals surface area contributed by atoms with Crippen LogP contribution in [0.2, 0.25) is 0 Å². The number of nitrogens with one attached hydrogen (secondary N) is 1. The number of carbonyl (C=O) groups excluding carboxylic acids is 1. The summed E-state index contributed by atoms with van der Waals surface area (Å²) in [5.74, 6) is 1.86. The lowest BCUT2D eigenvalue weighted by atomic mass is 10.2. The Morgan fingerprint density at radius 1 is 1.29 bits per heavy atom. The first-order valence-electron chi connectivity index (χ1n) is 7.55. The van der Waals surface area contributed by atoms with Gasteiger partial charge in [0.1, 0.15) is 5.75 Å². The topological polar surface area (TPSA) is 77.2 Å². The van der Waals surface area contributed by atoms with E-state index < -0.39 is 0 Å². The molecule has 0 aliphatic heterocycles. The summed E-state index contributed by atoms with van der Waals surface area (Å²) in [6.45, 7) is 0. The average molecular weight is 343 g/mol. The first-order chi connectivity index (χ1) is 11.7. The zero-order valence-electron chi connectivity index (χ0n) is 13.2. The smallest absolute Gasteiger partial charge is 0.226 e. The summed E-state index contributed by atoms with van der Waals surface area (Å²) in [6, 6.07) is 11.1. The SMILES string of the molecule is COc1ccc(NC(=O)CCCc2nc(-c3cccs3)no2)cc1. The molecule has 0 aliphatic carbocycles. The van der Waals surface area contributed by atoms with Gasteiger partial charge in [-0.05, 0) is 42.1 Å². The second kappa shape index (κ2) is 7.74. The summed E-state index contributed by atoms with van der Waals surface area (Å²) in [7, 11) is 1.61. The normalized spacial score (nSPS) is 10.5. The molecule has 0 spiro atoms. The third-order valence-electron chi connectivity index (χ3n) is 3.38. The fourth-order valence-corrected chi connectivity index (χ4v) is 2.81. The van der Waals surface area contributed by atoms with Crippen molar-refractivity contribution in [2.75, 3.05) is 12.4 Å². The zero-order chi connectivity index (χ0) is 16.8. The Kier molecular flexibility index (Phi) is 5.22. The van der Waals surface area contributed by atoms with Gasteiger partial charge in [-0.1, -0.05) is 11.2 Å². The van der Waals surface area contributed by atoms with Crippen LogP contribution in [-0.4, -0.2) is 23.2 Å². The molecule has 2 aromatic heterocycles. The van der Waals surface area contributed by atoms with Gasteiger partial charge in [-0.2, -0.15) is 4.98 Å². The highest BCUT2D eigenvalue weighted by atomic mass is 32.1. The summed E-state index contributed by atoms with van der Waals surface area (Å²) >= 11 is 1.56. The van der Waals surface area contributed by atoms with Crippen molar-refractivity contribution < 1.29 is 14.1 Å². The van der Waals surface area contributed by atoms with Crippen LogP contribution in [0, 0.1) is 0 Å². The summed E-state index contributed by atoms with van der Waals surface area (Å²) in [6.07, 6.45) is 1.62. The number of carbonyl (C=O) groups is 1. The Labute approximate surface area is 143 Å². The van der Waals surface area contributed by atoms with Crippen LogP contribution in [0.25, 0.3) is 10.7 Å². The molecule has 124 valence electrons. The minimum atomic E-state index is -0.0434. The predicted molar refractivity (Wildman–Crippen MR) is 92.2 cm³/mol.